The summed E-state index contributed by atoms with van der Waals surface area (Å²) in [4.78, 5) is 0. The number of ether oxygens (including phenoxy) is 1. The number of aliphatic hydroxyl groups is 1. The molecule has 1 aliphatic rings. The lowest BCUT2D eigenvalue weighted by molar-refractivity contribution is 0.0944. The summed E-state index contributed by atoms with van der Waals surface area (Å²) in [7, 11) is 1.61. The first-order chi connectivity index (χ1) is 9.19. The van der Waals surface area contributed by atoms with Crippen LogP contribution in [0, 0.1) is 5.41 Å². The van der Waals surface area contributed by atoms with Gasteiger partial charge < -0.3 is 15.2 Å². The monoisotopic (exact) mass is 283 g/mol. The van der Waals surface area contributed by atoms with E-state index in [4.69, 9.17) is 16.3 Å². The van der Waals surface area contributed by atoms with Crippen molar-refractivity contribution in [3.63, 3.8) is 0 Å². The molecule has 0 radical (unpaired) electrons. The maximum Gasteiger partial charge on any atom is 0.139 e. The fraction of sp³-hybridized carbons (Fsp3) is 0.600. The Morgan fingerprint density at radius 1 is 1.32 bits per heavy atom. The Balaban J connectivity index is 2.00. The third-order valence-corrected chi connectivity index (χ3v) is 4.38. The number of benzene rings is 1. The number of rotatable bonds is 5. The van der Waals surface area contributed by atoms with Gasteiger partial charge in [-0.3, -0.25) is 0 Å². The maximum atomic E-state index is 9.68. The fourth-order valence-electron chi connectivity index (χ4n) is 2.75. The molecule has 0 aromatic heterocycles. The highest BCUT2D eigenvalue weighted by Gasteiger charge is 2.31. The SMILES string of the molecule is COc1cc(NCC2(CO)CCCCC2)ccc1Cl. The van der Waals surface area contributed by atoms with Crippen LogP contribution in [0.15, 0.2) is 18.2 Å². The van der Waals surface area contributed by atoms with Crippen molar-refractivity contribution < 1.29 is 9.84 Å². The molecule has 0 saturated heterocycles. The molecular weight excluding hydrogens is 262 g/mol. The molecule has 4 heteroatoms. The highest BCUT2D eigenvalue weighted by atomic mass is 35.5. The number of nitrogens with one attached hydrogen (secondary N) is 1. The minimum Gasteiger partial charge on any atom is -0.495 e. The standard InChI is InChI=1S/C15H22ClNO2/c1-19-14-9-12(5-6-13(14)16)17-10-15(11-18)7-3-2-4-8-15/h5-6,9,17-18H,2-4,7-8,10-11H2,1H3. The highest BCUT2D eigenvalue weighted by molar-refractivity contribution is 6.32. The summed E-state index contributed by atoms with van der Waals surface area (Å²) in [6.45, 7) is 1.05. The van der Waals surface area contributed by atoms with Crippen LogP contribution >= 0.6 is 11.6 Å². The molecule has 0 bridgehead atoms. The minimum absolute atomic E-state index is 0.0329. The van der Waals surface area contributed by atoms with Crippen LogP contribution in [0.5, 0.6) is 5.75 Å². The van der Waals surface area contributed by atoms with Crippen LogP contribution in [-0.4, -0.2) is 25.4 Å². The van der Waals surface area contributed by atoms with E-state index in [9.17, 15) is 5.11 Å². The van der Waals surface area contributed by atoms with Crippen LogP contribution in [0.2, 0.25) is 5.02 Å². The van der Waals surface area contributed by atoms with Crippen molar-refractivity contribution in [3.8, 4) is 5.75 Å². The molecular formula is C15H22ClNO2. The van der Waals surface area contributed by atoms with Crippen LogP contribution in [0.25, 0.3) is 0 Å². The Labute approximate surface area is 119 Å². The molecule has 3 nitrogen and oxygen atoms in total. The van der Waals surface area contributed by atoms with E-state index in [0.717, 1.165) is 25.1 Å². The fourth-order valence-corrected chi connectivity index (χ4v) is 2.95. The third-order valence-electron chi connectivity index (χ3n) is 4.07. The normalized spacial score (nSPS) is 18.1. The maximum absolute atomic E-state index is 9.68. The second-order valence-corrected chi connectivity index (χ2v) is 5.83. The van der Waals surface area contributed by atoms with Gasteiger partial charge in [-0.05, 0) is 25.0 Å². The van der Waals surface area contributed by atoms with Crippen molar-refractivity contribution in [1.82, 2.24) is 0 Å². The third kappa shape index (κ3) is 3.54. The van der Waals surface area contributed by atoms with Crippen LogP contribution in [0.1, 0.15) is 32.1 Å². The summed E-state index contributed by atoms with van der Waals surface area (Å²) in [6, 6.07) is 5.67. The number of hydrogen-bond donors (Lipinski definition) is 2. The molecule has 0 unspecified atom stereocenters. The van der Waals surface area contributed by atoms with Gasteiger partial charge in [0.1, 0.15) is 5.75 Å². The molecule has 2 N–H and O–H groups in total. The number of aliphatic hydroxyl groups excluding tert-OH is 1. The Morgan fingerprint density at radius 3 is 2.68 bits per heavy atom. The van der Waals surface area contributed by atoms with Crippen molar-refractivity contribution in [2.75, 3.05) is 25.6 Å². The quantitative estimate of drug-likeness (QED) is 0.866. The molecule has 0 atom stereocenters. The van der Waals surface area contributed by atoms with E-state index in [1.807, 2.05) is 18.2 Å². The van der Waals surface area contributed by atoms with Gasteiger partial charge in [0, 0.05) is 23.7 Å². The smallest absolute Gasteiger partial charge is 0.139 e. The van der Waals surface area contributed by atoms with Gasteiger partial charge in [0.25, 0.3) is 0 Å². The van der Waals surface area contributed by atoms with E-state index < -0.39 is 0 Å². The second-order valence-electron chi connectivity index (χ2n) is 5.42. The van der Waals surface area contributed by atoms with Gasteiger partial charge in [-0.15, -0.1) is 0 Å². The lowest BCUT2D eigenvalue weighted by atomic mass is 9.74. The minimum atomic E-state index is 0.0329. The highest BCUT2D eigenvalue weighted by Crippen LogP contribution is 2.36. The predicted molar refractivity (Wildman–Crippen MR) is 79.1 cm³/mol. The molecule has 1 fully saturated rings. The van der Waals surface area contributed by atoms with Crippen molar-refractivity contribution >= 4 is 17.3 Å². The zero-order valence-electron chi connectivity index (χ0n) is 11.4. The molecule has 2 rings (SSSR count). The van der Waals surface area contributed by atoms with E-state index in [2.05, 4.69) is 5.32 Å². The average Bonchev–Trinajstić information content (AvgIpc) is 2.47. The van der Waals surface area contributed by atoms with Gasteiger partial charge in [0.15, 0.2) is 0 Å². The van der Waals surface area contributed by atoms with Gasteiger partial charge in [-0.1, -0.05) is 30.9 Å². The lowest BCUT2D eigenvalue weighted by Gasteiger charge is -2.36. The molecule has 1 aliphatic carbocycles. The zero-order valence-corrected chi connectivity index (χ0v) is 12.2. The van der Waals surface area contributed by atoms with Crippen LogP contribution in [0.4, 0.5) is 5.69 Å². The summed E-state index contributed by atoms with van der Waals surface area (Å²) >= 11 is 6.01. The molecule has 0 amide bonds. The van der Waals surface area contributed by atoms with Crippen molar-refractivity contribution in [2.24, 2.45) is 5.41 Å². The Hall–Kier alpha value is -0.930. The van der Waals surface area contributed by atoms with E-state index >= 15 is 0 Å². The van der Waals surface area contributed by atoms with E-state index in [1.165, 1.54) is 19.3 Å². The number of halogens is 1. The Morgan fingerprint density at radius 2 is 2.05 bits per heavy atom. The first-order valence-electron chi connectivity index (χ1n) is 6.87. The molecule has 0 spiro atoms. The first kappa shape index (κ1) is 14.5. The molecule has 19 heavy (non-hydrogen) atoms. The van der Waals surface area contributed by atoms with Crippen LogP contribution < -0.4 is 10.1 Å². The van der Waals surface area contributed by atoms with Crippen molar-refractivity contribution in [1.29, 1.82) is 0 Å². The summed E-state index contributed by atoms with van der Waals surface area (Å²) in [5, 5.41) is 13.7. The molecule has 1 aromatic carbocycles. The topological polar surface area (TPSA) is 41.5 Å². The Kier molecular flexibility index (Phi) is 4.94. The van der Waals surface area contributed by atoms with Gasteiger partial charge in [0.05, 0.1) is 18.7 Å². The second kappa shape index (κ2) is 6.49. The van der Waals surface area contributed by atoms with Gasteiger partial charge in [-0.2, -0.15) is 0 Å². The van der Waals surface area contributed by atoms with Crippen molar-refractivity contribution in [2.45, 2.75) is 32.1 Å². The summed E-state index contributed by atoms with van der Waals surface area (Å²) < 4.78 is 5.21. The lowest BCUT2D eigenvalue weighted by Crippen LogP contribution is -2.35. The number of methoxy groups -OCH3 is 1. The summed E-state index contributed by atoms with van der Waals surface area (Å²) in [6.07, 6.45) is 5.91. The molecule has 0 aliphatic heterocycles. The molecule has 106 valence electrons. The van der Waals surface area contributed by atoms with Gasteiger partial charge in [0.2, 0.25) is 0 Å². The predicted octanol–water partition coefficient (Wildman–Crippen LogP) is 3.70. The summed E-state index contributed by atoms with van der Waals surface area (Å²) in [5.74, 6) is 0.674. The van der Waals surface area contributed by atoms with Gasteiger partial charge in [-0.25, -0.2) is 0 Å². The Bertz CT molecular complexity index is 417. The summed E-state index contributed by atoms with van der Waals surface area (Å²) in [5.41, 5.74) is 1.02. The van der Waals surface area contributed by atoms with E-state index in [0.29, 0.717) is 10.8 Å². The molecule has 0 heterocycles. The zero-order chi connectivity index (χ0) is 13.7. The average molecular weight is 284 g/mol. The van der Waals surface area contributed by atoms with E-state index in [-0.39, 0.29) is 12.0 Å². The molecule has 1 saturated carbocycles. The largest absolute Gasteiger partial charge is 0.495 e. The van der Waals surface area contributed by atoms with Crippen LogP contribution in [0.3, 0.4) is 0 Å². The van der Waals surface area contributed by atoms with Crippen LogP contribution in [-0.2, 0) is 0 Å². The van der Waals surface area contributed by atoms with Crippen molar-refractivity contribution in [3.05, 3.63) is 23.2 Å². The van der Waals surface area contributed by atoms with E-state index in [1.54, 1.807) is 7.11 Å². The number of anilines is 1. The molecule has 1 aromatic rings. The number of hydrogen-bond acceptors (Lipinski definition) is 3. The van der Waals surface area contributed by atoms with Gasteiger partial charge >= 0.3 is 0 Å². The first-order valence-corrected chi connectivity index (χ1v) is 7.25.